The smallest absolute Gasteiger partial charge is 0.316 e. The van der Waals surface area contributed by atoms with Gasteiger partial charge in [-0.25, -0.2) is 9.97 Å². The Labute approximate surface area is 132 Å². The Morgan fingerprint density at radius 3 is 2.64 bits per heavy atom. The average Bonchev–Trinajstić information content (AvgIpc) is 3.06. The van der Waals surface area contributed by atoms with Crippen LogP contribution in [-0.2, 0) is 0 Å². The maximum absolute atomic E-state index is 11.9. The topological polar surface area (TPSA) is 77.2 Å². The summed E-state index contributed by atoms with van der Waals surface area (Å²) in [6.45, 7) is 0. The summed E-state index contributed by atoms with van der Waals surface area (Å²) >= 11 is 5.74. The molecule has 1 aliphatic carbocycles. The molecule has 0 bridgehead atoms. The van der Waals surface area contributed by atoms with Crippen molar-refractivity contribution >= 4 is 17.5 Å². The molecule has 0 spiro atoms. The maximum atomic E-state index is 11.9. The summed E-state index contributed by atoms with van der Waals surface area (Å²) < 4.78 is 10.6. The van der Waals surface area contributed by atoms with Crippen LogP contribution in [0.2, 0.25) is 5.02 Å². The van der Waals surface area contributed by atoms with Crippen LogP contribution in [0, 0.1) is 0 Å². The highest BCUT2D eigenvalue weighted by molar-refractivity contribution is 6.30. The van der Waals surface area contributed by atoms with Crippen molar-refractivity contribution in [3.63, 3.8) is 0 Å². The number of nitrogens with one attached hydrogen (secondary N) is 1. The van der Waals surface area contributed by atoms with Crippen LogP contribution in [0.3, 0.4) is 0 Å². The number of halogens is 1. The van der Waals surface area contributed by atoms with E-state index in [0.29, 0.717) is 16.6 Å². The molecular formula is C15H16ClN3O3. The summed E-state index contributed by atoms with van der Waals surface area (Å²) in [5.74, 6) is -0.0980. The first-order valence-electron chi connectivity index (χ1n) is 7.18. The minimum atomic E-state index is -0.0980. The summed E-state index contributed by atoms with van der Waals surface area (Å²) in [4.78, 5) is 20.0. The molecule has 2 heterocycles. The molecule has 0 aliphatic heterocycles. The monoisotopic (exact) mass is 321 g/mol. The van der Waals surface area contributed by atoms with Gasteiger partial charge in [0.1, 0.15) is 12.4 Å². The molecule has 7 heteroatoms. The van der Waals surface area contributed by atoms with Gasteiger partial charge in [-0.3, -0.25) is 4.79 Å². The van der Waals surface area contributed by atoms with Gasteiger partial charge in [0.15, 0.2) is 0 Å². The molecule has 3 rings (SSSR count). The lowest BCUT2D eigenvalue weighted by Crippen LogP contribution is -2.39. The SMILES string of the molecule is O=C(NC1CCC(Oc2ncc(Cl)cn2)CC1)c1ccoc1. The molecule has 1 amide bonds. The van der Waals surface area contributed by atoms with E-state index < -0.39 is 0 Å². The van der Waals surface area contributed by atoms with Crippen LogP contribution in [0.1, 0.15) is 36.0 Å². The van der Waals surface area contributed by atoms with E-state index >= 15 is 0 Å². The number of furan rings is 1. The largest absolute Gasteiger partial charge is 0.472 e. The van der Waals surface area contributed by atoms with Crippen molar-refractivity contribution < 1.29 is 13.9 Å². The second kappa shape index (κ2) is 6.79. The normalized spacial score (nSPS) is 21.3. The molecule has 6 nitrogen and oxygen atoms in total. The number of carbonyl (C=O) groups excluding carboxylic acids is 1. The number of hydrogen-bond acceptors (Lipinski definition) is 5. The Kier molecular flexibility index (Phi) is 4.58. The molecule has 0 unspecified atom stereocenters. The number of nitrogens with zero attached hydrogens (tertiary/aromatic N) is 2. The van der Waals surface area contributed by atoms with Crippen molar-refractivity contribution in [2.45, 2.75) is 37.8 Å². The van der Waals surface area contributed by atoms with E-state index in [1.54, 1.807) is 6.07 Å². The molecule has 1 fully saturated rings. The molecule has 0 saturated heterocycles. The standard InChI is InChI=1S/C15H16ClN3O3/c16-11-7-17-15(18-8-11)22-13-3-1-12(2-4-13)19-14(20)10-5-6-21-9-10/h5-9,12-13H,1-4H2,(H,19,20). The van der Waals surface area contributed by atoms with E-state index in [4.69, 9.17) is 20.8 Å². The van der Waals surface area contributed by atoms with Gasteiger partial charge in [-0.15, -0.1) is 0 Å². The van der Waals surface area contributed by atoms with Gasteiger partial charge in [-0.05, 0) is 31.7 Å². The predicted molar refractivity (Wildman–Crippen MR) is 79.9 cm³/mol. The van der Waals surface area contributed by atoms with Crippen LogP contribution in [0.15, 0.2) is 35.4 Å². The third-order valence-electron chi connectivity index (χ3n) is 3.66. The second-order valence-corrected chi connectivity index (χ2v) is 5.70. The first-order valence-corrected chi connectivity index (χ1v) is 7.56. The number of aromatic nitrogens is 2. The van der Waals surface area contributed by atoms with Gasteiger partial charge < -0.3 is 14.5 Å². The lowest BCUT2D eigenvalue weighted by Gasteiger charge is -2.28. The van der Waals surface area contributed by atoms with E-state index in [9.17, 15) is 4.79 Å². The number of amides is 1. The van der Waals surface area contributed by atoms with Gasteiger partial charge in [0.05, 0.1) is 29.2 Å². The van der Waals surface area contributed by atoms with E-state index in [2.05, 4.69) is 15.3 Å². The predicted octanol–water partition coefficient (Wildman–Crippen LogP) is 2.84. The van der Waals surface area contributed by atoms with Crippen LogP contribution in [0.4, 0.5) is 0 Å². The molecular weight excluding hydrogens is 306 g/mol. The number of ether oxygens (including phenoxy) is 1. The van der Waals surface area contributed by atoms with Crippen LogP contribution >= 0.6 is 11.6 Å². The zero-order chi connectivity index (χ0) is 15.4. The van der Waals surface area contributed by atoms with Crippen molar-refractivity contribution in [1.82, 2.24) is 15.3 Å². The lowest BCUT2D eigenvalue weighted by atomic mass is 9.93. The molecule has 1 N–H and O–H groups in total. The van der Waals surface area contributed by atoms with E-state index in [0.717, 1.165) is 25.7 Å². The first kappa shape index (κ1) is 14.8. The van der Waals surface area contributed by atoms with Crippen LogP contribution < -0.4 is 10.1 Å². The molecule has 1 aliphatic rings. The van der Waals surface area contributed by atoms with E-state index in [-0.39, 0.29) is 18.1 Å². The molecule has 0 radical (unpaired) electrons. The van der Waals surface area contributed by atoms with E-state index in [1.807, 2.05) is 0 Å². The summed E-state index contributed by atoms with van der Waals surface area (Å²) in [5, 5.41) is 3.49. The highest BCUT2D eigenvalue weighted by Gasteiger charge is 2.24. The second-order valence-electron chi connectivity index (χ2n) is 5.26. The average molecular weight is 322 g/mol. The zero-order valence-electron chi connectivity index (χ0n) is 11.9. The zero-order valence-corrected chi connectivity index (χ0v) is 12.6. The highest BCUT2D eigenvalue weighted by atomic mass is 35.5. The maximum Gasteiger partial charge on any atom is 0.316 e. The Morgan fingerprint density at radius 2 is 2.00 bits per heavy atom. The third-order valence-corrected chi connectivity index (χ3v) is 3.86. The molecule has 1 saturated carbocycles. The molecule has 116 valence electrons. The Morgan fingerprint density at radius 1 is 1.27 bits per heavy atom. The molecule has 2 aromatic rings. The Balaban J connectivity index is 1.46. The van der Waals surface area contributed by atoms with Gasteiger partial charge in [0, 0.05) is 6.04 Å². The lowest BCUT2D eigenvalue weighted by molar-refractivity contribution is 0.0884. The minimum Gasteiger partial charge on any atom is -0.472 e. The summed E-state index contributed by atoms with van der Waals surface area (Å²) in [5.41, 5.74) is 0.549. The minimum absolute atomic E-state index is 0.0725. The van der Waals surface area contributed by atoms with Gasteiger partial charge in [0.25, 0.3) is 5.91 Å². The fourth-order valence-corrected chi connectivity index (χ4v) is 2.60. The van der Waals surface area contributed by atoms with E-state index in [1.165, 1.54) is 24.9 Å². The summed E-state index contributed by atoms with van der Waals surface area (Å²) in [6, 6.07) is 2.16. The van der Waals surface area contributed by atoms with Crippen molar-refractivity contribution in [3.8, 4) is 6.01 Å². The quantitative estimate of drug-likeness (QED) is 0.937. The summed E-state index contributed by atoms with van der Waals surface area (Å²) in [6.07, 6.45) is 9.46. The Bertz CT molecular complexity index is 607. The molecule has 2 aromatic heterocycles. The van der Waals surface area contributed by atoms with Crippen molar-refractivity contribution in [2.75, 3.05) is 0 Å². The molecule has 0 atom stereocenters. The van der Waals surface area contributed by atoms with Gasteiger partial charge in [-0.2, -0.15) is 0 Å². The fourth-order valence-electron chi connectivity index (χ4n) is 2.50. The van der Waals surface area contributed by atoms with Crippen LogP contribution in [0.5, 0.6) is 6.01 Å². The number of rotatable bonds is 4. The Hall–Kier alpha value is -2.08. The summed E-state index contributed by atoms with van der Waals surface area (Å²) in [7, 11) is 0. The first-order chi connectivity index (χ1) is 10.7. The van der Waals surface area contributed by atoms with Crippen LogP contribution in [0.25, 0.3) is 0 Å². The van der Waals surface area contributed by atoms with Gasteiger partial charge >= 0.3 is 6.01 Å². The van der Waals surface area contributed by atoms with Crippen molar-refractivity contribution in [2.24, 2.45) is 0 Å². The van der Waals surface area contributed by atoms with Gasteiger partial charge in [-0.1, -0.05) is 11.6 Å². The highest BCUT2D eigenvalue weighted by Crippen LogP contribution is 2.22. The van der Waals surface area contributed by atoms with Gasteiger partial charge in [0.2, 0.25) is 0 Å². The third kappa shape index (κ3) is 3.76. The van der Waals surface area contributed by atoms with Crippen molar-refractivity contribution in [1.29, 1.82) is 0 Å². The van der Waals surface area contributed by atoms with Crippen molar-refractivity contribution in [3.05, 3.63) is 41.6 Å². The number of hydrogen-bond donors (Lipinski definition) is 1. The van der Waals surface area contributed by atoms with Crippen LogP contribution in [-0.4, -0.2) is 28.0 Å². The number of carbonyl (C=O) groups is 1. The molecule has 22 heavy (non-hydrogen) atoms. The molecule has 0 aromatic carbocycles. The fraction of sp³-hybridized carbons (Fsp3) is 0.400.